The second-order valence-electron chi connectivity index (χ2n) is 14.9. The zero-order valence-electron chi connectivity index (χ0n) is 32.2. The molecule has 276 valence electrons. The van der Waals surface area contributed by atoms with Crippen LogP contribution in [0.4, 0.5) is 11.4 Å². The van der Waals surface area contributed by atoms with E-state index in [-0.39, 0.29) is 0 Å². The Labute approximate surface area is 340 Å². The van der Waals surface area contributed by atoms with Gasteiger partial charge < -0.3 is 9.47 Å². The van der Waals surface area contributed by atoms with Gasteiger partial charge in [-0.2, -0.15) is 0 Å². The normalized spacial score (nSPS) is 11.2. The zero-order valence-corrected chi connectivity index (χ0v) is 32.2. The third-order valence-electron chi connectivity index (χ3n) is 11.4. The first kappa shape index (κ1) is 35.0. The van der Waals surface area contributed by atoms with Gasteiger partial charge >= 0.3 is 0 Å². The van der Waals surface area contributed by atoms with E-state index >= 15 is 0 Å². The van der Waals surface area contributed by atoms with Gasteiger partial charge in [0.25, 0.3) is 0 Å². The lowest BCUT2D eigenvalue weighted by atomic mass is 9.99. The van der Waals surface area contributed by atoms with Crippen LogP contribution in [0.2, 0.25) is 0 Å². The minimum atomic E-state index is 0.810. The van der Waals surface area contributed by atoms with Gasteiger partial charge in [0.1, 0.15) is 0 Å². The van der Waals surface area contributed by atoms with Crippen LogP contribution in [0.1, 0.15) is 5.56 Å². The predicted octanol–water partition coefficient (Wildman–Crippen LogP) is 14.8. The highest BCUT2D eigenvalue weighted by Crippen LogP contribution is 2.41. The van der Waals surface area contributed by atoms with E-state index in [1.54, 1.807) is 0 Å². The van der Waals surface area contributed by atoms with Crippen LogP contribution in [-0.2, 0) is 6.42 Å². The van der Waals surface area contributed by atoms with Gasteiger partial charge in [0.2, 0.25) is 0 Å². The van der Waals surface area contributed by atoms with E-state index in [2.05, 4.69) is 240 Å². The summed E-state index contributed by atoms with van der Waals surface area (Å²) in [7, 11) is 0. The third kappa shape index (κ3) is 6.76. The number of fused-ring (bicyclic) bond motifs is 3. The third-order valence-corrected chi connectivity index (χ3v) is 11.4. The van der Waals surface area contributed by atoms with Crippen LogP contribution in [-0.4, -0.2) is 11.1 Å². The lowest BCUT2D eigenvalue weighted by Gasteiger charge is -2.28. The van der Waals surface area contributed by atoms with Gasteiger partial charge in [0.15, 0.2) is 0 Å². The highest BCUT2D eigenvalue weighted by atomic mass is 15.1. The van der Waals surface area contributed by atoms with E-state index in [9.17, 15) is 0 Å². The molecule has 2 nitrogen and oxygen atoms in total. The number of hydrogen-bond acceptors (Lipinski definition) is 1. The van der Waals surface area contributed by atoms with Crippen molar-refractivity contribution in [1.82, 2.24) is 4.57 Å². The number of rotatable bonds is 10. The second kappa shape index (κ2) is 15.6. The van der Waals surface area contributed by atoms with Crippen molar-refractivity contribution < 1.29 is 0 Å². The molecule has 0 saturated heterocycles. The summed E-state index contributed by atoms with van der Waals surface area (Å²) in [6.45, 7) is 0.810. The van der Waals surface area contributed by atoms with Crippen LogP contribution in [0.15, 0.2) is 231 Å². The molecule has 0 radical (unpaired) electrons. The molecule has 1 heterocycles. The Bertz CT molecular complexity index is 2960. The summed E-state index contributed by atoms with van der Waals surface area (Å²) in [6, 6.07) is 83.6. The molecule has 0 aliphatic rings. The van der Waals surface area contributed by atoms with E-state index in [0.29, 0.717) is 0 Å². The summed E-state index contributed by atoms with van der Waals surface area (Å²) >= 11 is 0. The van der Waals surface area contributed by atoms with E-state index < -0.39 is 0 Å². The quantitative estimate of drug-likeness (QED) is 0.135. The molecule has 0 unspecified atom stereocenters. The van der Waals surface area contributed by atoms with Crippen molar-refractivity contribution in [3.63, 3.8) is 0 Å². The highest BCUT2D eigenvalue weighted by Gasteiger charge is 2.20. The van der Waals surface area contributed by atoms with Gasteiger partial charge in [-0.05, 0) is 75.7 Å². The minimum absolute atomic E-state index is 0.810. The van der Waals surface area contributed by atoms with Gasteiger partial charge in [-0.1, -0.05) is 200 Å². The van der Waals surface area contributed by atoms with E-state index in [1.165, 1.54) is 77.6 Å². The Morgan fingerprint density at radius 3 is 1.52 bits per heavy atom. The van der Waals surface area contributed by atoms with Crippen LogP contribution in [0.3, 0.4) is 0 Å². The molecule has 10 aromatic rings. The number of hydrogen-bond donors (Lipinski definition) is 0. The molecule has 0 aliphatic carbocycles. The molecule has 0 N–H and O–H groups in total. The van der Waals surface area contributed by atoms with Crippen LogP contribution < -0.4 is 4.90 Å². The lowest BCUT2D eigenvalue weighted by Crippen LogP contribution is -2.21. The Hall–Kier alpha value is -7.42. The van der Waals surface area contributed by atoms with Crippen molar-refractivity contribution in [2.24, 2.45) is 0 Å². The van der Waals surface area contributed by atoms with Crippen molar-refractivity contribution in [2.45, 2.75) is 6.42 Å². The fraction of sp³-hybridized carbons (Fsp3) is 0.0357. The summed E-state index contributed by atoms with van der Waals surface area (Å²) in [4.78, 5) is 2.52. The molecule has 10 rings (SSSR count). The molecule has 0 fully saturated rings. The maximum atomic E-state index is 2.52. The summed E-state index contributed by atoms with van der Waals surface area (Å²) in [5.41, 5.74) is 16.9. The van der Waals surface area contributed by atoms with Gasteiger partial charge in [-0.25, -0.2) is 0 Å². The fourth-order valence-electron chi connectivity index (χ4n) is 8.47. The largest absolute Gasteiger partial charge is 0.341 e. The molecule has 0 bridgehead atoms. The fourth-order valence-corrected chi connectivity index (χ4v) is 8.47. The smallest absolute Gasteiger partial charge is 0.0562 e. The first-order valence-electron chi connectivity index (χ1n) is 20.1. The van der Waals surface area contributed by atoms with Crippen molar-refractivity contribution in [2.75, 3.05) is 11.4 Å². The Kier molecular flexibility index (Phi) is 9.43. The molecule has 58 heavy (non-hydrogen) atoms. The van der Waals surface area contributed by atoms with Crippen LogP contribution in [0.25, 0.3) is 72.0 Å². The van der Waals surface area contributed by atoms with E-state index in [0.717, 1.165) is 24.3 Å². The topological polar surface area (TPSA) is 8.17 Å². The average Bonchev–Trinajstić information content (AvgIpc) is 3.64. The molecule has 1 aromatic heterocycles. The highest BCUT2D eigenvalue weighted by molar-refractivity contribution is 6.10. The second-order valence-corrected chi connectivity index (χ2v) is 14.9. The maximum absolute atomic E-state index is 2.52. The molecule has 0 saturated carbocycles. The summed E-state index contributed by atoms with van der Waals surface area (Å²) in [5.74, 6) is 0. The van der Waals surface area contributed by atoms with Crippen molar-refractivity contribution in [3.8, 4) is 50.2 Å². The van der Waals surface area contributed by atoms with Crippen LogP contribution in [0, 0.1) is 0 Å². The summed E-state index contributed by atoms with van der Waals surface area (Å²) in [6.07, 6.45) is 0.890. The Balaban J connectivity index is 1.10. The van der Waals surface area contributed by atoms with Crippen LogP contribution >= 0.6 is 0 Å². The minimum Gasteiger partial charge on any atom is -0.341 e. The Morgan fingerprint density at radius 2 is 0.828 bits per heavy atom. The monoisotopic (exact) mass is 742 g/mol. The molecule has 0 atom stereocenters. The molecular weight excluding hydrogens is 701 g/mol. The maximum Gasteiger partial charge on any atom is 0.0562 e. The van der Waals surface area contributed by atoms with E-state index in [4.69, 9.17) is 0 Å². The van der Waals surface area contributed by atoms with Gasteiger partial charge in [-0.3, -0.25) is 0 Å². The first-order chi connectivity index (χ1) is 28.8. The number of anilines is 2. The lowest BCUT2D eigenvalue weighted by molar-refractivity contribution is 0.915. The number of aromatic nitrogens is 1. The number of para-hydroxylation sites is 3. The molecule has 0 spiro atoms. The number of benzene rings is 9. The average molecular weight is 743 g/mol. The SMILES string of the molecule is c1ccc(-c2ccc(CCN(c3ccc4c5ccccc5n(-c5ccccc5-c5ccc(-c6ccccc6)cc5)c4c3)c3ccccc3-c3ccccc3)cc2)cc1. The molecule has 0 aliphatic heterocycles. The molecule has 2 heteroatoms. The standard InChI is InChI=1S/C56H42N2/c1-4-16-42(17-5-1)44-30-28-41(29-31-44)38-39-57(53-25-13-10-22-49(53)46-20-8-3-9-21-46)48-36-37-52-51-24-12-15-27-55(51)58(56(52)40-48)54-26-14-11-23-50(54)47-34-32-45(33-35-47)43-18-6-2-7-19-43/h1-37,40H,38-39H2. The predicted molar refractivity (Wildman–Crippen MR) is 246 cm³/mol. The van der Waals surface area contributed by atoms with Crippen molar-refractivity contribution in [1.29, 1.82) is 0 Å². The van der Waals surface area contributed by atoms with Crippen LogP contribution in [0.5, 0.6) is 0 Å². The first-order valence-corrected chi connectivity index (χ1v) is 20.1. The van der Waals surface area contributed by atoms with Gasteiger partial charge in [-0.15, -0.1) is 0 Å². The van der Waals surface area contributed by atoms with Crippen molar-refractivity contribution in [3.05, 3.63) is 236 Å². The zero-order chi connectivity index (χ0) is 38.7. The molecular formula is C56H42N2. The van der Waals surface area contributed by atoms with Gasteiger partial charge in [0, 0.05) is 39.8 Å². The van der Waals surface area contributed by atoms with Crippen molar-refractivity contribution >= 4 is 33.2 Å². The van der Waals surface area contributed by atoms with Gasteiger partial charge in [0.05, 0.1) is 16.7 Å². The molecule has 0 amide bonds. The molecule has 9 aromatic carbocycles. The summed E-state index contributed by atoms with van der Waals surface area (Å²) < 4.78 is 2.47. The Morgan fingerprint density at radius 1 is 0.345 bits per heavy atom. The number of nitrogens with zero attached hydrogens (tertiary/aromatic N) is 2. The van der Waals surface area contributed by atoms with E-state index in [1.807, 2.05) is 0 Å². The summed E-state index contributed by atoms with van der Waals surface area (Å²) in [5, 5.41) is 2.48.